The van der Waals surface area contributed by atoms with Crippen molar-refractivity contribution in [3.63, 3.8) is 0 Å². The largest absolute Gasteiger partial charge is 0.416 e. The van der Waals surface area contributed by atoms with Crippen molar-refractivity contribution in [1.29, 1.82) is 0 Å². The van der Waals surface area contributed by atoms with Crippen molar-refractivity contribution in [1.82, 2.24) is 5.32 Å². The number of hydrogen-bond acceptors (Lipinski definition) is 5. The lowest BCUT2D eigenvalue weighted by molar-refractivity contribution is -0.137. The first-order chi connectivity index (χ1) is 15.4. The van der Waals surface area contributed by atoms with Gasteiger partial charge in [-0.25, -0.2) is 8.42 Å². The fraction of sp³-hybridized carbons (Fsp3) is 0.190. The number of amides is 1. The van der Waals surface area contributed by atoms with Gasteiger partial charge < -0.3 is 10.4 Å². The van der Waals surface area contributed by atoms with Gasteiger partial charge in [0.05, 0.1) is 27.3 Å². The predicted octanol–water partition coefficient (Wildman–Crippen LogP) is 4.99. The van der Waals surface area contributed by atoms with Crippen LogP contribution in [0, 0.1) is 6.92 Å². The lowest BCUT2D eigenvalue weighted by atomic mass is 10.1. The Hall–Kier alpha value is -2.60. The zero-order valence-electron chi connectivity index (χ0n) is 17.0. The summed E-state index contributed by atoms with van der Waals surface area (Å²) in [4.78, 5) is 12.5. The van der Waals surface area contributed by atoms with Gasteiger partial charge in [0, 0.05) is 6.54 Å². The van der Waals surface area contributed by atoms with Crippen molar-refractivity contribution in [2.75, 3.05) is 11.3 Å². The molecule has 3 aromatic rings. The Labute approximate surface area is 197 Å². The minimum atomic E-state index is -4.68. The average molecular weight is 519 g/mol. The normalized spacial score (nSPS) is 12.9. The molecule has 176 valence electrons. The van der Waals surface area contributed by atoms with Crippen LogP contribution in [0.2, 0.25) is 5.02 Å². The molecule has 0 unspecified atom stereocenters. The van der Waals surface area contributed by atoms with E-state index in [4.69, 9.17) is 11.6 Å². The molecule has 1 aromatic heterocycles. The minimum Gasteiger partial charge on any atom is -0.387 e. The van der Waals surface area contributed by atoms with Gasteiger partial charge in [0.15, 0.2) is 0 Å². The summed E-state index contributed by atoms with van der Waals surface area (Å²) in [6.07, 6.45) is -5.64. The Balaban J connectivity index is 1.77. The van der Waals surface area contributed by atoms with E-state index in [1.165, 1.54) is 13.0 Å². The molecule has 0 saturated heterocycles. The fourth-order valence-corrected chi connectivity index (χ4v) is 5.79. The number of carbonyl (C=O) groups is 1. The molecule has 12 heteroatoms. The van der Waals surface area contributed by atoms with Crippen molar-refractivity contribution >= 4 is 44.6 Å². The van der Waals surface area contributed by atoms with Gasteiger partial charge >= 0.3 is 6.18 Å². The van der Waals surface area contributed by atoms with Crippen molar-refractivity contribution in [3.05, 3.63) is 81.2 Å². The number of halogens is 4. The molecule has 6 nitrogen and oxygen atoms in total. The summed E-state index contributed by atoms with van der Waals surface area (Å²) in [6.45, 7) is 1.36. The third-order valence-electron chi connectivity index (χ3n) is 4.52. The molecular formula is C21H18ClF3N2O4S2. The Morgan fingerprint density at radius 3 is 2.45 bits per heavy atom. The SMILES string of the molecule is Cc1cc(C(=O)NC[C@@H](O)c2ccccc2)sc1S(=O)(=O)Nc1cc(C(F)(F)F)ccc1Cl. The van der Waals surface area contributed by atoms with Gasteiger partial charge in [-0.2, -0.15) is 13.2 Å². The number of aliphatic hydroxyl groups is 1. The van der Waals surface area contributed by atoms with Crippen LogP contribution in [0.4, 0.5) is 18.9 Å². The molecule has 33 heavy (non-hydrogen) atoms. The number of anilines is 1. The smallest absolute Gasteiger partial charge is 0.387 e. The number of sulfonamides is 1. The number of benzene rings is 2. The van der Waals surface area contributed by atoms with Crippen LogP contribution in [0.3, 0.4) is 0 Å². The molecule has 0 fully saturated rings. The maximum atomic E-state index is 13.0. The molecule has 3 rings (SSSR count). The molecule has 0 radical (unpaired) electrons. The van der Waals surface area contributed by atoms with Crippen LogP contribution in [-0.4, -0.2) is 26.0 Å². The summed E-state index contributed by atoms with van der Waals surface area (Å²) in [5.74, 6) is -0.600. The van der Waals surface area contributed by atoms with Crippen molar-refractivity contribution in [2.24, 2.45) is 0 Å². The monoisotopic (exact) mass is 518 g/mol. The quantitative estimate of drug-likeness (QED) is 0.410. The van der Waals surface area contributed by atoms with E-state index in [1.807, 2.05) is 0 Å². The van der Waals surface area contributed by atoms with Crippen LogP contribution in [0.15, 0.2) is 58.8 Å². The Kier molecular flexibility index (Phi) is 7.37. The molecule has 0 aliphatic rings. The summed E-state index contributed by atoms with van der Waals surface area (Å²) in [6, 6.07) is 12.3. The first-order valence-electron chi connectivity index (χ1n) is 9.39. The first kappa shape index (κ1) is 25.0. The Bertz CT molecular complexity index is 1260. The third-order valence-corrected chi connectivity index (χ3v) is 8.09. The summed E-state index contributed by atoms with van der Waals surface area (Å²) in [7, 11) is -4.33. The zero-order valence-corrected chi connectivity index (χ0v) is 19.4. The van der Waals surface area contributed by atoms with Crippen LogP contribution in [0.25, 0.3) is 0 Å². The van der Waals surface area contributed by atoms with E-state index < -0.39 is 39.5 Å². The molecule has 0 aliphatic carbocycles. The fourth-order valence-electron chi connectivity index (χ4n) is 2.88. The highest BCUT2D eigenvalue weighted by Gasteiger charge is 2.32. The number of aryl methyl sites for hydroxylation is 1. The Morgan fingerprint density at radius 1 is 1.15 bits per heavy atom. The maximum Gasteiger partial charge on any atom is 0.416 e. The molecule has 1 atom stereocenters. The van der Waals surface area contributed by atoms with Gasteiger partial charge in [-0.1, -0.05) is 41.9 Å². The second kappa shape index (κ2) is 9.72. The summed E-state index contributed by atoms with van der Waals surface area (Å²) in [5.41, 5.74) is -0.671. The third kappa shape index (κ3) is 6.05. The minimum absolute atomic E-state index is 0.0586. The molecule has 2 aromatic carbocycles. The first-order valence-corrected chi connectivity index (χ1v) is 12.1. The maximum absolute atomic E-state index is 13.0. The van der Waals surface area contributed by atoms with Crippen molar-refractivity contribution in [3.8, 4) is 0 Å². The topological polar surface area (TPSA) is 95.5 Å². The predicted molar refractivity (Wildman–Crippen MR) is 120 cm³/mol. The van der Waals surface area contributed by atoms with Gasteiger partial charge in [0.1, 0.15) is 4.21 Å². The van der Waals surface area contributed by atoms with Gasteiger partial charge in [0.2, 0.25) is 0 Å². The summed E-state index contributed by atoms with van der Waals surface area (Å²) >= 11 is 6.53. The van der Waals surface area contributed by atoms with Crippen LogP contribution < -0.4 is 10.0 Å². The van der Waals surface area contributed by atoms with Gasteiger partial charge in [-0.05, 0) is 42.3 Å². The van der Waals surface area contributed by atoms with Crippen LogP contribution >= 0.6 is 22.9 Å². The average Bonchev–Trinajstić information content (AvgIpc) is 3.16. The van der Waals surface area contributed by atoms with Gasteiger partial charge in [0.25, 0.3) is 15.9 Å². The summed E-state index contributed by atoms with van der Waals surface area (Å²) in [5, 5.41) is 12.5. The molecule has 0 saturated carbocycles. The molecule has 1 heterocycles. The molecule has 0 spiro atoms. The van der Waals surface area contributed by atoms with E-state index in [9.17, 15) is 31.5 Å². The zero-order chi connectivity index (χ0) is 24.4. The number of hydrogen-bond donors (Lipinski definition) is 3. The summed E-state index contributed by atoms with van der Waals surface area (Å²) < 4.78 is 66.3. The van der Waals surface area contributed by atoms with Crippen molar-refractivity contribution in [2.45, 2.75) is 23.4 Å². The van der Waals surface area contributed by atoms with Crippen LogP contribution in [0.1, 0.15) is 32.5 Å². The van der Waals surface area contributed by atoms with Crippen LogP contribution in [-0.2, 0) is 16.2 Å². The highest BCUT2D eigenvalue weighted by atomic mass is 35.5. The second-order valence-electron chi connectivity index (χ2n) is 7.02. The standard InChI is InChI=1S/C21H18ClF3N2O4S2/c1-12-9-18(19(29)26-11-17(28)13-5-3-2-4-6-13)32-20(12)33(30,31)27-16-10-14(21(23,24)25)7-8-15(16)22/h2-10,17,27-28H,11H2,1H3,(H,26,29)/t17-/m1/s1. The number of carbonyl (C=O) groups excluding carboxylic acids is 1. The lowest BCUT2D eigenvalue weighted by Gasteiger charge is -2.12. The number of rotatable bonds is 7. The van der Waals surface area contributed by atoms with E-state index in [0.29, 0.717) is 23.0 Å². The number of aliphatic hydroxyl groups excluding tert-OH is 1. The van der Waals surface area contributed by atoms with Crippen molar-refractivity contribution < 1.29 is 31.5 Å². The lowest BCUT2D eigenvalue weighted by Crippen LogP contribution is -2.27. The van der Waals surface area contributed by atoms with E-state index >= 15 is 0 Å². The van der Waals surface area contributed by atoms with Gasteiger partial charge in [-0.15, -0.1) is 11.3 Å². The highest BCUT2D eigenvalue weighted by molar-refractivity contribution is 7.94. The molecule has 0 aliphatic heterocycles. The molecule has 1 amide bonds. The van der Waals surface area contributed by atoms with E-state index in [-0.39, 0.29) is 26.2 Å². The van der Waals surface area contributed by atoms with E-state index in [1.54, 1.807) is 30.3 Å². The Morgan fingerprint density at radius 2 is 1.82 bits per heavy atom. The van der Waals surface area contributed by atoms with Gasteiger partial charge in [-0.3, -0.25) is 9.52 Å². The highest BCUT2D eigenvalue weighted by Crippen LogP contribution is 2.36. The molecule has 3 N–H and O–H groups in total. The number of alkyl halides is 3. The van der Waals surface area contributed by atoms with Crippen LogP contribution in [0.5, 0.6) is 0 Å². The number of nitrogens with one attached hydrogen (secondary N) is 2. The van der Waals surface area contributed by atoms with E-state index in [0.717, 1.165) is 12.1 Å². The molecular weight excluding hydrogens is 501 g/mol. The second-order valence-corrected chi connectivity index (χ2v) is 10.4. The molecule has 0 bridgehead atoms. The van der Waals surface area contributed by atoms with E-state index in [2.05, 4.69) is 10.0 Å². The number of thiophene rings is 1.